The molecule has 0 saturated carbocycles. The zero-order valence-electron chi connectivity index (χ0n) is 23.2. The molecule has 8 heteroatoms. The van der Waals surface area contributed by atoms with E-state index >= 15 is 0 Å². The summed E-state index contributed by atoms with van der Waals surface area (Å²) in [7, 11) is 0. The van der Waals surface area contributed by atoms with E-state index in [4.69, 9.17) is 10.7 Å². The molecule has 2 atom stereocenters. The molecule has 2 aliphatic rings. The van der Waals surface area contributed by atoms with E-state index < -0.39 is 0 Å². The number of carbonyl (C=O) groups is 1. The molecule has 0 saturated heterocycles. The molecule has 1 amide bonds. The van der Waals surface area contributed by atoms with E-state index in [0.717, 1.165) is 54.1 Å². The van der Waals surface area contributed by atoms with E-state index in [-0.39, 0.29) is 23.3 Å². The molecule has 202 valence electrons. The summed E-state index contributed by atoms with van der Waals surface area (Å²) in [6.45, 7) is 10.7. The third-order valence-corrected chi connectivity index (χ3v) is 8.12. The average Bonchev–Trinajstić information content (AvgIpc) is 3.08. The van der Waals surface area contributed by atoms with Crippen LogP contribution >= 0.6 is 11.8 Å². The Bertz CT molecular complexity index is 1400. The van der Waals surface area contributed by atoms with Crippen molar-refractivity contribution in [1.82, 2.24) is 14.5 Å². The molecule has 38 heavy (non-hydrogen) atoms. The van der Waals surface area contributed by atoms with Crippen molar-refractivity contribution >= 4 is 40.0 Å². The Hall–Kier alpha value is -3.13. The van der Waals surface area contributed by atoms with E-state index in [0.29, 0.717) is 35.3 Å². The summed E-state index contributed by atoms with van der Waals surface area (Å²) in [5.41, 5.74) is 11.7. The van der Waals surface area contributed by atoms with Gasteiger partial charge in [0.05, 0.1) is 22.9 Å². The summed E-state index contributed by atoms with van der Waals surface area (Å²) >= 11 is 1.71. The highest BCUT2D eigenvalue weighted by atomic mass is 32.2. The summed E-state index contributed by atoms with van der Waals surface area (Å²) in [4.78, 5) is 37.7. The maximum absolute atomic E-state index is 13.4. The normalized spacial score (nSPS) is 19.4. The lowest BCUT2D eigenvalue weighted by molar-refractivity contribution is -0.127. The van der Waals surface area contributed by atoms with Gasteiger partial charge in [0.25, 0.3) is 5.56 Å². The number of fused-ring (bicyclic) bond motifs is 1. The van der Waals surface area contributed by atoms with Crippen LogP contribution in [0, 0.1) is 11.8 Å². The largest absolute Gasteiger partial charge is 0.387 e. The third kappa shape index (κ3) is 5.65. The number of carbonyl (C=O) groups excluding carboxylic acids is 1. The Balaban J connectivity index is 1.74. The van der Waals surface area contributed by atoms with Crippen molar-refractivity contribution < 1.29 is 4.79 Å². The van der Waals surface area contributed by atoms with Gasteiger partial charge in [-0.2, -0.15) is 11.8 Å². The molecule has 1 aliphatic heterocycles. The molecule has 2 N–H and O–H groups in total. The van der Waals surface area contributed by atoms with Crippen molar-refractivity contribution in [2.45, 2.75) is 53.5 Å². The zero-order valence-corrected chi connectivity index (χ0v) is 24.0. The van der Waals surface area contributed by atoms with Crippen molar-refractivity contribution in [3.8, 4) is 0 Å². The molecule has 0 spiro atoms. The first-order valence-corrected chi connectivity index (χ1v) is 15.0. The molecular formula is C30H39N5O2S. The maximum Gasteiger partial charge on any atom is 0.261 e. The van der Waals surface area contributed by atoms with Gasteiger partial charge < -0.3 is 10.6 Å². The van der Waals surface area contributed by atoms with E-state index in [9.17, 15) is 9.59 Å². The van der Waals surface area contributed by atoms with Crippen molar-refractivity contribution in [3.05, 3.63) is 69.4 Å². The van der Waals surface area contributed by atoms with Gasteiger partial charge in [0.15, 0.2) is 0 Å². The summed E-state index contributed by atoms with van der Waals surface area (Å²) < 4.78 is 1.68. The Kier molecular flexibility index (Phi) is 8.92. The van der Waals surface area contributed by atoms with Crippen molar-refractivity contribution in [3.63, 3.8) is 0 Å². The van der Waals surface area contributed by atoms with Crippen LogP contribution < -0.4 is 11.3 Å². The molecule has 1 aliphatic carbocycles. The quantitative estimate of drug-likeness (QED) is 0.489. The topological polar surface area (TPSA) is 93.6 Å². The molecule has 4 rings (SSSR count). The molecule has 0 radical (unpaired) electrons. The van der Waals surface area contributed by atoms with Gasteiger partial charge in [-0.25, -0.2) is 9.98 Å². The molecule has 2 unspecified atom stereocenters. The Morgan fingerprint density at radius 2 is 1.89 bits per heavy atom. The van der Waals surface area contributed by atoms with Crippen LogP contribution in [-0.2, 0) is 11.3 Å². The fraction of sp³-hybridized carbons (Fsp3) is 0.467. The maximum atomic E-state index is 13.4. The third-order valence-electron chi connectivity index (χ3n) is 7.53. The monoisotopic (exact) mass is 533 g/mol. The predicted molar refractivity (Wildman–Crippen MR) is 159 cm³/mol. The number of hydrogen-bond acceptors (Lipinski definition) is 6. The van der Waals surface area contributed by atoms with Gasteiger partial charge in [-0.05, 0) is 71.9 Å². The molecule has 1 aromatic heterocycles. The van der Waals surface area contributed by atoms with E-state index in [1.165, 1.54) is 0 Å². The number of nitrogens with zero attached hydrogens (tertiary/aromatic N) is 4. The molecule has 2 heterocycles. The van der Waals surface area contributed by atoms with Gasteiger partial charge in [0, 0.05) is 37.4 Å². The second kappa shape index (κ2) is 12.2. The number of amidine groups is 1. The summed E-state index contributed by atoms with van der Waals surface area (Å²) in [5, 5.41) is 0.626. The molecular weight excluding hydrogens is 494 g/mol. The minimum absolute atomic E-state index is 0.0108. The Morgan fingerprint density at radius 1 is 1.16 bits per heavy atom. The van der Waals surface area contributed by atoms with Gasteiger partial charge in [-0.1, -0.05) is 33.8 Å². The fourth-order valence-electron chi connectivity index (χ4n) is 5.29. The highest BCUT2D eigenvalue weighted by Gasteiger charge is 2.30. The van der Waals surface area contributed by atoms with Crippen molar-refractivity contribution in [2.75, 3.05) is 25.1 Å². The number of benzene rings is 1. The van der Waals surface area contributed by atoms with Gasteiger partial charge in [0.2, 0.25) is 5.91 Å². The first-order chi connectivity index (χ1) is 18.3. The first-order valence-electron chi connectivity index (χ1n) is 13.6. The van der Waals surface area contributed by atoms with E-state index in [2.05, 4.69) is 38.8 Å². The number of hydrogen-bond donors (Lipinski definition) is 1. The first kappa shape index (κ1) is 27.9. The number of aryl methyl sites for hydroxylation is 1. The van der Waals surface area contributed by atoms with Crippen molar-refractivity contribution in [1.29, 1.82) is 0 Å². The van der Waals surface area contributed by atoms with Crippen LogP contribution in [0.3, 0.4) is 0 Å². The molecule has 0 bridgehead atoms. The van der Waals surface area contributed by atoms with Crippen LogP contribution in [0.1, 0.15) is 52.5 Å². The summed E-state index contributed by atoms with van der Waals surface area (Å²) in [6, 6.07) is 5.89. The van der Waals surface area contributed by atoms with Crippen LogP contribution in [0.5, 0.6) is 0 Å². The standard InChI is InChI=1S/C30H39N5O2S/c1-6-10-34(11-7-2)29(36)22-14-25-20(4)19(3)24(17-27(25)33-28(31)16-22)21-8-9-23-26(15-21)32-18-35(30(23)37)12-13-38-5/h8-9,14-15,17-20H,6-7,10-13,16H2,1-5H3,(H2,31,33). The second-order valence-corrected chi connectivity index (χ2v) is 11.2. The fourth-order valence-corrected chi connectivity index (χ4v) is 5.67. The molecule has 2 aromatic rings. The number of amides is 1. The number of allylic oxidation sites excluding steroid dienone is 4. The minimum atomic E-state index is -0.0108. The number of thioether (sulfide) groups is 1. The highest BCUT2D eigenvalue weighted by Crippen LogP contribution is 2.42. The summed E-state index contributed by atoms with van der Waals surface area (Å²) in [5.74, 6) is 1.69. The SMILES string of the molecule is CCCN(CCC)C(=O)C1=CC2=C(C=C(c3ccc4c(=O)n(CCSC)cnc4c3)C(C)C2C)N=C(N)C1. The van der Waals surface area contributed by atoms with E-state index in [1.807, 2.05) is 35.4 Å². The van der Waals surface area contributed by atoms with Crippen LogP contribution in [0.4, 0.5) is 0 Å². The highest BCUT2D eigenvalue weighted by molar-refractivity contribution is 7.98. The van der Waals surface area contributed by atoms with Crippen molar-refractivity contribution in [2.24, 2.45) is 22.6 Å². The van der Waals surface area contributed by atoms with Gasteiger partial charge in [0.1, 0.15) is 5.84 Å². The number of nitrogens with two attached hydrogens (primary N) is 1. The molecule has 1 aromatic carbocycles. The molecule has 0 fully saturated rings. The summed E-state index contributed by atoms with van der Waals surface area (Å²) in [6.07, 6.45) is 9.99. The zero-order chi connectivity index (χ0) is 27.4. The minimum Gasteiger partial charge on any atom is -0.387 e. The average molecular weight is 534 g/mol. The van der Waals surface area contributed by atoms with Gasteiger partial charge >= 0.3 is 0 Å². The van der Waals surface area contributed by atoms with Crippen LogP contribution in [0.2, 0.25) is 0 Å². The smallest absolute Gasteiger partial charge is 0.261 e. The lowest BCUT2D eigenvalue weighted by Crippen LogP contribution is -2.34. The molecule has 7 nitrogen and oxygen atoms in total. The van der Waals surface area contributed by atoms with Crippen LogP contribution in [-0.4, -0.2) is 51.3 Å². The predicted octanol–water partition coefficient (Wildman–Crippen LogP) is 5.02. The lowest BCUT2D eigenvalue weighted by Gasteiger charge is -2.30. The van der Waals surface area contributed by atoms with Crippen LogP contribution in [0.25, 0.3) is 16.5 Å². The van der Waals surface area contributed by atoms with Gasteiger partial charge in [-0.3, -0.25) is 14.2 Å². The second-order valence-electron chi connectivity index (χ2n) is 10.2. The number of aliphatic imine (C=N–C) groups is 1. The number of aromatic nitrogens is 2. The van der Waals surface area contributed by atoms with E-state index in [1.54, 1.807) is 22.7 Å². The Morgan fingerprint density at radius 3 is 2.58 bits per heavy atom. The number of rotatable bonds is 9. The Labute approximate surface area is 229 Å². The van der Waals surface area contributed by atoms with Gasteiger partial charge in [-0.15, -0.1) is 0 Å². The lowest BCUT2D eigenvalue weighted by atomic mass is 9.75. The van der Waals surface area contributed by atoms with Crippen LogP contribution in [0.15, 0.2) is 63.3 Å².